The highest BCUT2D eigenvalue weighted by molar-refractivity contribution is 7.89. The number of nitrogens with zero attached hydrogens (tertiary/aromatic N) is 1. The van der Waals surface area contributed by atoms with Gasteiger partial charge in [0.15, 0.2) is 0 Å². The Morgan fingerprint density at radius 2 is 1.74 bits per heavy atom. The zero-order valence-electron chi connectivity index (χ0n) is 15.5. The SMILES string of the molecule is Cc1ccc(S(=O)(=O)N2C(=O)CC[C@H]2C(=O)Nc2cccc(C)c2C)cc1. The average Bonchev–Trinajstić information content (AvgIpc) is 3.02. The summed E-state index contributed by atoms with van der Waals surface area (Å²) in [6.45, 7) is 5.65. The van der Waals surface area contributed by atoms with Crippen LogP contribution in [0.15, 0.2) is 47.4 Å². The second-order valence-electron chi connectivity index (χ2n) is 6.80. The van der Waals surface area contributed by atoms with Gasteiger partial charge in [0.05, 0.1) is 4.90 Å². The van der Waals surface area contributed by atoms with E-state index < -0.39 is 27.9 Å². The van der Waals surface area contributed by atoms with Gasteiger partial charge in [-0.25, -0.2) is 12.7 Å². The average molecular weight is 386 g/mol. The molecule has 0 aromatic heterocycles. The Morgan fingerprint density at radius 3 is 2.41 bits per heavy atom. The first-order valence-electron chi connectivity index (χ1n) is 8.73. The van der Waals surface area contributed by atoms with Crippen LogP contribution in [0.5, 0.6) is 0 Å². The Hall–Kier alpha value is -2.67. The van der Waals surface area contributed by atoms with E-state index in [0.717, 1.165) is 21.0 Å². The second kappa shape index (κ2) is 7.15. The van der Waals surface area contributed by atoms with E-state index in [4.69, 9.17) is 0 Å². The first-order chi connectivity index (χ1) is 12.7. The minimum atomic E-state index is -4.09. The lowest BCUT2D eigenvalue weighted by atomic mass is 10.1. The monoisotopic (exact) mass is 386 g/mol. The fourth-order valence-electron chi connectivity index (χ4n) is 3.13. The molecule has 0 radical (unpaired) electrons. The lowest BCUT2D eigenvalue weighted by Crippen LogP contribution is -2.45. The molecule has 2 amide bonds. The number of benzene rings is 2. The van der Waals surface area contributed by atoms with Crippen LogP contribution in [0.1, 0.15) is 29.5 Å². The molecule has 6 nitrogen and oxygen atoms in total. The molecule has 1 atom stereocenters. The van der Waals surface area contributed by atoms with Gasteiger partial charge in [0.1, 0.15) is 6.04 Å². The number of aryl methyl sites for hydroxylation is 2. The van der Waals surface area contributed by atoms with Gasteiger partial charge in [-0.1, -0.05) is 29.8 Å². The Labute approximate surface area is 159 Å². The molecule has 1 aliphatic heterocycles. The fraction of sp³-hybridized carbons (Fsp3) is 0.300. The molecule has 0 unspecified atom stereocenters. The molecule has 1 fully saturated rings. The predicted molar refractivity (Wildman–Crippen MR) is 103 cm³/mol. The van der Waals surface area contributed by atoms with E-state index in [9.17, 15) is 18.0 Å². The van der Waals surface area contributed by atoms with Gasteiger partial charge in [0, 0.05) is 12.1 Å². The maximum absolute atomic E-state index is 13.0. The normalized spacial score (nSPS) is 17.2. The van der Waals surface area contributed by atoms with E-state index in [-0.39, 0.29) is 17.7 Å². The molecule has 2 aromatic rings. The summed E-state index contributed by atoms with van der Waals surface area (Å²) < 4.78 is 26.7. The van der Waals surface area contributed by atoms with Crippen LogP contribution in [-0.2, 0) is 19.6 Å². The summed E-state index contributed by atoms with van der Waals surface area (Å²) in [5.41, 5.74) is 3.44. The van der Waals surface area contributed by atoms with Gasteiger partial charge in [0.2, 0.25) is 11.8 Å². The summed E-state index contributed by atoms with van der Waals surface area (Å²) in [7, 11) is -4.09. The van der Waals surface area contributed by atoms with Crippen LogP contribution in [0.4, 0.5) is 5.69 Å². The minimum absolute atomic E-state index is 0.00730. The van der Waals surface area contributed by atoms with Crippen molar-refractivity contribution in [2.45, 2.75) is 44.6 Å². The summed E-state index contributed by atoms with van der Waals surface area (Å²) >= 11 is 0. The van der Waals surface area contributed by atoms with Gasteiger partial charge in [-0.15, -0.1) is 0 Å². The number of hydrogen-bond acceptors (Lipinski definition) is 4. The first kappa shape index (κ1) is 19.1. The van der Waals surface area contributed by atoms with Crippen molar-refractivity contribution in [1.29, 1.82) is 0 Å². The van der Waals surface area contributed by atoms with Crippen LogP contribution in [0.25, 0.3) is 0 Å². The van der Waals surface area contributed by atoms with E-state index >= 15 is 0 Å². The molecule has 0 aliphatic carbocycles. The van der Waals surface area contributed by atoms with Gasteiger partial charge in [-0.2, -0.15) is 0 Å². The highest BCUT2D eigenvalue weighted by atomic mass is 32.2. The van der Waals surface area contributed by atoms with Crippen molar-refractivity contribution in [2.24, 2.45) is 0 Å². The highest BCUT2D eigenvalue weighted by Crippen LogP contribution is 2.29. The molecular weight excluding hydrogens is 364 g/mol. The Morgan fingerprint density at radius 1 is 1.07 bits per heavy atom. The smallest absolute Gasteiger partial charge is 0.267 e. The standard InChI is InChI=1S/C20H22N2O4S/c1-13-7-9-16(10-8-13)27(25,26)22-18(11-12-19(22)23)20(24)21-17-6-4-5-14(2)15(17)3/h4-10,18H,11-12H2,1-3H3,(H,21,24)/t18-/m0/s1. The number of hydrogen-bond donors (Lipinski definition) is 1. The van der Waals surface area contributed by atoms with E-state index in [1.165, 1.54) is 12.1 Å². The molecule has 7 heteroatoms. The Balaban J connectivity index is 1.91. The molecule has 0 spiro atoms. The zero-order chi connectivity index (χ0) is 19.8. The summed E-state index contributed by atoms with van der Waals surface area (Å²) in [6, 6.07) is 10.7. The van der Waals surface area contributed by atoms with Crippen molar-refractivity contribution >= 4 is 27.5 Å². The van der Waals surface area contributed by atoms with E-state index in [2.05, 4.69) is 5.32 Å². The van der Waals surface area contributed by atoms with Crippen LogP contribution in [-0.4, -0.2) is 30.6 Å². The van der Waals surface area contributed by atoms with Crippen LogP contribution < -0.4 is 5.32 Å². The third-order valence-corrected chi connectivity index (χ3v) is 6.75. The van der Waals surface area contributed by atoms with Gasteiger partial charge in [-0.3, -0.25) is 9.59 Å². The number of anilines is 1. The lowest BCUT2D eigenvalue weighted by Gasteiger charge is -2.24. The van der Waals surface area contributed by atoms with E-state index in [1.807, 2.05) is 32.9 Å². The van der Waals surface area contributed by atoms with Crippen molar-refractivity contribution in [3.05, 3.63) is 59.2 Å². The number of carbonyl (C=O) groups is 2. The van der Waals surface area contributed by atoms with Crippen molar-refractivity contribution in [2.75, 3.05) is 5.32 Å². The molecule has 0 bridgehead atoms. The van der Waals surface area contributed by atoms with Crippen molar-refractivity contribution in [3.63, 3.8) is 0 Å². The molecule has 2 aromatic carbocycles. The Kier molecular flexibility index (Phi) is 5.06. The summed E-state index contributed by atoms with van der Waals surface area (Å²) in [4.78, 5) is 25.1. The summed E-state index contributed by atoms with van der Waals surface area (Å²) in [6.07, 6.45) is 0.191. The fourth-order valence-corrected chi connectivity index (χ4v) is 4.73. The quantitative estimate of drug-likeness (QED) is 0.876. The second-order valence-corrected chi connectivity index (χ2v) is 8.61. The van der Waals surface area contributed by atoms with Gasteiger partial charge >= 0.3 is 0 Å². The molecule has 1 heterocycles. The van der Waals surface area contributed by atoms with Crippen molar-refractivity contribution in [3.8, 4) is 0 Å². The van der Waals surface area contributed by atoms with Crippen molar-refractivity contribution < 1.29 is 18.0 Å². The first-order valence-corrected chi connectivity index (χ1v) is 10.2. The third-order valence-electron chi connectivity index (χ3n) is 4.90. The number of rotatable bonds is 4. The molecule has 1 N–H and O–H groups in total. The van der Waals surface area contributed by atoms with Crippen LogP contribution >= 0.6 is 0 Å². The summed E-state index contributed by atoms with van der Waals surface area (Å²) in [5.74, 6) is -1.05. The molecule has 27 heavy (non-hydrogen) atoms. The lowest BCUT2D eigenvalue weighted by molar-refractivity contribution is -0.128. The topological polar surface area (TPSA) is 83.6 Å². The molecule has 1 aliphatic rings. The molecule has 0 saturated carbocycles. The molecular formula is C20H22N2O4S. The number of amides is 2. The molecule has 142 valence electrons. The molecule has 3 rings (SSSR count). The number of nitrogens with one attached hydrogen (secondary N) is 1. The van der Waals surface area contributed by atoms with Gasteiger partial charge in [-0.05, 0) is 56.5 Å². The minimum Gasteiger partial charge on any atom is -0.324 e. The van der Waals surface area contributed by atoms with E-state index in [1.54, 1.807) is 18.2 Å². The number of sulfonamides is 1. The van der Waals surface area contributed by atoms with Crippen LogP contribution in [0.3, 0.4) is 0 Å². The van der Waals surface area contributed by atoms with Gasteiger partial charge < -0.3 is 5.32 Å². The maximum Gasteiger partial charge on any atom is 0.267 e. The molecule has 1 saturated heterocycles. The largest absolute Gasteiger partial charge is 0.324 e. The highest BCUT2D eigenvalue weighted by Gasteiger charge is 2.44. The number of carbonyl (C=O) groups excluding carboxylic acids is 2. The maximum atomic E-state index is 13.0. The summed E-state index contributed by atoms with van der Waals surface area (Å²) in [5, 5.41) is 2.78. The Bertz CT molecular complexity index is 997. The third kappa shape index (κ3) is 3.60. The van der Waals surface area contributed by atoms with E-state index in [0.29, 0.717) is 5.69 Å². The predicted octanol–water partition coefficient (Wildman–Crippen LogP) is 2.93. The van der Waals surface area contributed by atoms with Gasteiger partial charge in [0.25, 0.3) is 10.0 Å². The van der Waals surface area contributed by atoms with Crippen LogP contribution in [0, 0.1) is 20.8 Å². The van der Waals surface area contributed by atoms with Crippen molar-refractivity contribution in [1.82, 2.24) is 4.31 Å². The van der Waals surface area contributed by atoms with Crippen LogP contribution in [0.2, 0.25) is 0 Å². The zero-order valence-corrected chi connectivity index (χ0v) is 16.3.